The van der Waals surface area contributed by atoms with Gasteiger partial charge in [0.25, 0.3) is 0 Å². The van der Waals surface area contributed by atoms with Crippen LogP contribution in [0.25, 0.3) is 0 Å². The number of rotatable bonds is 5. The van der Waals surface area contributed by atoms with Crippen LogP contribution in [-0.4, -0.2) is 48.9 Å². The summed E-state index contributed by atoms with van der Waals surface area (Å²) in [6, 6.07) is 15.1. The number of hydrogen-bond acceptors (Lipinski definition) is 7. The van der Waals surface area contributed by atoms with E-state index < -0.39 is 45.5 Å². The van der Waals surface area contributed by atoms with Crippen LogP contribution in [0.4, 0.5) is 15.8 Å². The van der Waals surface area contributed by atoms with Crippen molar-refractivity contribution < 1.29 is 18.8 Å². The number of pyridine rings is 1. The number of aliphatic hydroxyl groups excluding tert-OH is 1. The summed E-state index contributed by atoms with van der Waals surface area (Å²) in [7, 11) is 0. The van der Waals surface area contributed by atoms with Crippen molar-refractivity contribution in [1.82, 2.24) is 14.6 Å². The number of halogens is 2. The molecule has 8 nitrogen and oxygen atoms in total. The number of allylic oxidation sites excluding steroid dienone is 1. The normalized spacial score (nSPS) is 27.7. The van der Waals surface area contributed by atoms with E-state index in [-0.39, 0.29) is 24.6 Å². The van der Waals surface area contributed by atoms with E-state index in [9.17, 15) is 14.5 Å². The van der Waals surface area contributed by atoms with Crippen LogP contribution in [0.1, 0.15) is 57.6 Å². The Kier molecular flexibility index (Phi) is 8.40. The van der Waals surface area contributed by atoms with Gasteiger partial charge in [-0.1, -0.05) is 17.7 Å². The molecule has 3 aromatic rings. The average molecular weight is 638 g/mol. The van der Waals surface area contributed by atoms with Gasteiger partial charge in [-0.25, -0.2) is 4.39 Å². The van der Waals surface area contributed by atoms with Crippen molar-refractivity contribution in [3.63, 3.8) is 0 Å². The third-order valence-electron chi connectivity index (χ3n) is 8.66. The minimum absolute atomic E-state index is 0.0277. The molecule has 1 saturated carbocycles. The topological polar surface area (TPSA) is 113 Å². The number of benzene rings is 2. The first-order chi connectivity index (χ1) is 20.9. The highest BCUT2D eigenvalue weighted by Crippen LogP contribution is 2.49. The monoisotopic (exact) mass is 637 g/mol. The second kappa shape index (κ2) is 12.0. The zero-order valence-corrected chi connectivity index (χ0v) is 26.5. The summed E-state index contributed by atoms with van der Waals surface area (Å²) in [6.45, 7) is 5.98. The Balaban J connectivity index is 1.49. The van der Waals surface area contributed by atoms with Crippen molar-refractivity contribution in [2.45, 2.75) is 68.9 Å². The molecule has 11 heteroatoms. The molecule has 44 heavy (non-hydrogen) atoms. The molecule has 2 aliphatic heterocycles. The first-order valence-electron chi connectivity index (χ1n) is 14.9. The largest absolute Gasteiger partial charge is 0.598 e. The highest BCUT2D eigenvalue weighted by molar-refractivity contribution is 7.90. The lowest BCUT2D eigenvalue weighted by atomic mass is 9.79. The number of nitrogens with zero attached hydrogens (tertiary/aromatic N) is 2. The minimum Gasteiger partial charge on any atom is -0.598 e. The Morgan fingerprint density at radius 1 is 1.14 bits per heavy atom. The quantitative estimate of drug-likeness (QED) is 0.266. The highest BCUT2D eigenvalue weighted by Gasteiger charge is 2.47. The van der Waals surface area contributed by atoms with E-state index in [2.05, 4.69) is 20.3 Å². The van der Waals surface area contributed by atoms with Gasteiger partial charge in [-0.15, -0.1) is 4.72 Å². The molecule has 0 spiro atoms. The van der Waals surface area contributed by atoms with Gasteiger partial charge in [0.2, 0.25) is 5.91 Å². The summed E-state index contributed by atoms with van der Waals surface area (Å²) in [6.07, 6.45) is 4.97. The summed E-state index contributed by atoms with van der Waals surface area (Å²) in [5.74, 6) is -0.0339. The van der Waals surface area contributed by atoms with Crippen molar-refractivity contribution in [3.05, 3.63) is 100 Å². The molecule has 2 bridgehead atoms. The summed E-state index contributed by atoms with van der Waals surface area (Å²) in [4.78, 5) is 20.0. The molecular weight excluding hydrogens is 601 g/mol. The lowest BCUT2D eigenvalue weighted by molar-refractivity contribution is -0.119. The zero-order valence-electron chi connectivity index (χ0n) is 24.9. The van der Waals surface area contributed by atoms with Crippen LogP contribution in [0.2, 0.25) is 5.02 Å². The summed E-state index contributed by atoms with van der Waals surface area (Å²) >= 11 is 4.65. The summed E-state index contributed by atoms with van der Waals surface area (Å²) < 4.78 is 32.0. The summed E-state index contributed by atoms with van der Waals surface area (Å²) in [5.41, 5.74) is 2.54. The first kappa shape index (κ1) is 30.9. The summed E-state index contributed by atoms with van der Waals surface area (Å²) in [5, 5.41) is 17.7. The molecule has 1 amide bonds. The molecule has 3 unspecified atom stereocenters. The van der Waals surface area contributed by atoms with Gasteiger partial charge in [0, 0.05) is 47.4 Å². The van der Waals surface area contributed by atoms with Crippen LogP contribution in [0, 0.1) is 11.7 Å². The maximum absolute atomic E-state index is 15.4. The average Bonchev–Trinajstić information content (AvgIpc) is 3.66. The number of hydrogen-bond donors (Lipinski definition) is 4. The number of anilines is 2. The van der Waals surface area contributed by atoms with Gasteiger partial charge < -0.3 is 25.2 Å². The predicted molar refractivity (Wildman–Crippen MR) is 172 cm³/mol. The molecule has 6 rings (SSSR count). The van der Waals surface area contributed by atoms with Crippen molar-refractivity contribution in [1.29, 1.82) is 0 Å². The van der Waals surface area contributed by atoms with E-state index in [0.29, 0.717) is 17.0 Å². The standard InChI is InChI=1S/C33H37ClFN5O3S/c1-32(2,3)44(43)39-33(21-11-14-36-15-12-21)13-10-20-16-26(20)30(37-24-7-5-23(34)6-8-24)40-19-25(41)18-29(40)31(42)38-28-17-22(33)4-9-27(28)35/h4-9,11-12,14-15,17,20,25,29,37,39,41H,10,13,16,18-19H2,1-3H3,(H,38,42)/b30-26+/t20?,25-,29-,33?,44?/m1/s1. The van der Waals surface area contributed by atoms with Crippen LogP contribution in [-0.2, 0) is 21.7 Å². The Hall–Kier alpha value is -3.15. The maximum atomic E-state index is 15.4. The fourth-order valence-corrected chi connectivity index (χ4v) is 7.24. The Morgan fingerprint density at radius 3 is 2.57 bits per heavy atom. The molecule has 2 fully saturated rings. The van der Waals surface area contributed by atoms with Crippen LogP contribution >= 0.6 is 11.6 Å². The van der Waals surface area contributed by atoms with Crippen molar-refractivity contribution in [3.8, 4) is 0 Å². The maximum Gasteiger partial charge on any atom is 0.247 e. The molecule has 3 aliphatic rings. The van der Waals surface area contributed by atoms with E-state index in [4.69, 9.17) is 11.6 Å². The first-order valence-corrected chi connectivity index (χ1v) is 16.4. The van der Waals surface area contributed by atoms with Gasteiger partial charge in [-0.05, 0) is 111 Å². The third-order valence-corrected chi connectivity index (χ3v) is 10.6. The van der Waals surface area contributed by atoms with E-state index in [1.165, 1.54) is 6.07 Å². The molecule has 232 valence electrons. The number of aromatic nitrogens is 1. The fraction of sp³-hybridized carbons (Fsp3) is 0.394. The molecule has 1 aromatic heterocycles. The van der Waals surface area contributed by atoms with Gasteiger partial charge in [0.15, 0.2) is 0 Å². The van der Waals surface area contributed by atoms with Crippen molar-refractivity contribution >= 4 is 40.2 Å². The number of nitrogens with one attached hydrogen (secondary N) is 3. The van der Waals surface area contributed by atoms with E-state index >= 15 is 4.39 Å². The minimum atomic E-state index is -1.49. The molecular formula is C33H37ClFN5O3S. The molecule has 0 radical (unpaired) electrons. The van der Waals surface area contributed by atoms with Crippen molar-refractivity contribution in [2.75, 3.05) is 17.2 Å². The van der Waals surface area contributed by atoms with Crippen LogP contribution in [0.3, 0.4) is 0 Å². The zero-order chi connectivity index (χ0) is 31.2. The van der Waals surface area contributed by atoms with Crippen LogP contribution in [0.5, 0.6) is 0 Å². The van der Waals surface area contributed by atoms with Crippen LogP contribution < -0.4 is 15.4 Å². The smallest absolute Gasteiger partial charge is 0.247 e. The molecule has 1 aliphatic carbocycles. The second-order valence-electron chi connectivity index (χ2n) is 12.8. The lowest BCUT2D eigenvalue weighted by Gasteiger charge is -2.38. The van der Waals surface area contributed by atoms with Gasteiger partial charge in [-0.2, -0.15) is 0 Å². The van der Waals surface area contributed by atoms with Gasteiger partial charge >= 0.3 is 0 Å². The molecule has 4 N–H and O–H groups in total. The van der Waals surface area contributed by atoms with Gasteiger partial charge in [-0.3, -0.25) is 9.78 Å². The van der Waals surface area contributed by atoms with E-state index in [1.54, 1.807) is 36.7 Å². The molecule has 3 heterocycles. The number of carbonyl (C=O) groups excluding carboxylic acids is 1. The Bertz CT molecular complexity index is 1570. The van der Waals surface area contributed by atoms with E-state index in [0.717, 1.165) is 35.5 Å². The molecule has 5 atom stereocenters. The Morgan fingerprint density at radius 2 is 1.86 bits per heavy atom. The SMILES string of the molecule is CC(C)(C)[S+]([O-])NC1(c2ccncc2)CCC2C/C2=C(/Nc2ccc(Cl)cc2)N2C[C@H](O)C[C@@H]2C(=O)Nc2cc1ccc2F. The number of amides is 1. The number of carbonyl (C=O) groups is 1. The third kappa shape index (κ3) is 6.19. The fourth-order valence-electron chi connectivity index (χ4n) is 6.15. The van der Waals surface area contributed by atoms with Gasteiger partial charge in [0.05, 0.1) is 11.8 Å². The predicted octanol–water partition coefficient (Wildman–Crippen LogP) is 5.68. The Labute approximate surface area is 265 Å². The van der Waals surface area contributed by atoms with Crippen LogP contribution in [0.15, 0.2) is 78.4 Å². The van der Waals surface area contributed by atoms with Crippen molar-refractivity contribution in [2.24, 2.45) is 5.92 Å². The second-order valence-corrected chi connectivity index (χ2v) is 15.2. The van der Waals surface area contributed by atoms with Gasteiger partial charge in [0.1, 0.15) is 28.0 Å². The number of aliphatic hydroxyl groups is 1. The molecule has 2 aromatic carbocycles. The highest BCUT2D eigenvalue weighted by atomic mass is 35.5. The lowest BCUT2D eigenvalue weighted by Crippen LogP contribution is -2.52. The molecule has 1 saturated heterocycles. The number of fused-ring (bicyclic) bond motifs is 4. The van der Waals surface area contributed by atoms with E-state index in [1.807, 2.05) is 49.9 Å².